The Labute approximate surface area is 220 Å². The van der Waals surface area contributed by atoms with Crippen LogP contribution in [0.4, 0.5) is 0 Å². The maximum atomic E-state index is 13.1. The Balaban J connectivity index is 1.40. The minimum absolute atomic E-state index is 0.0410. The normalized spacial score (nSPS) is 24.8. The Morgan fingerprint density at radius 1 is 0.865 bits per heavy atom. The molecule has 1 aromatic rings. The number of Topliss-reactive ketones (excluding diaryl/α,β-unsaturated/α-hetero) is 2. The van der Waals surface area contributed by atoms with Crippen LogP contribution in [0, 0.1) is 11.8 Å². The Morgan fingerprint density at radius 2 is 1.54 bits per heavy atom. The van der Waals surface area contributed by atoms with Gasteiger partial charge in [0.2, 0.25) is 5.78 Å². The highest BCUT2D eigenvalue weighted by atomic mass is 16.5. The number of hydrogen-bond donors (Lipinski definition) is 0. The molecular weight excluding hydrogens is 468 g/mol. The van der Waals surface area contributed by atoms with Crippen molar-refractivity contribution in [1.82, 2.24) is 0 Å². The standard InChI is InChI=1S/C31H42O6/c1-4-6-7-28(34)36-17-26(32)21-10-8-20(9-11-21)24-14-15-25(27(33)18-37-31(35)19(3)5-2)30-23-13-12-22(16-23)29(24)30/h14-15,19-23H,4-13,16-18H2,1-3H3. The molecule has 3 atom stereocenters. The van der Waals surface area contributed by atoms with E-state index in [4.69, 9.17) is 9.47 Å². The number of unbranched alkanes of at least 4 members (excludes halogenated alkanes) is 1. The van der Waals surface area contributed by atoms with E-state index in [1.165, 1.54) is 23.1 Å². The zero-order valence-corrected chi connectivity index (χ0v) is 22.7. The van der Waals surface area contributed by atoms with Crippen molar-refractivity contribution >= 4 is 23.5 Å². The van der Waals surface area contributed by atoms with Crippen LogP contribution in [0.5, 0.6) is 0 Å². The molecule has 0 amide bonds. The van der Waals surface area contributed by atoms with E-state index < -0.39 is 0 Å². The molecule has 0 aromatic heterocycles. The van der Waals surface area contributed by atoms with E-state index in [9.17, 15) is 19.2 Å². The van der Waals surface area contributed by atoms with Gasteiger partial charge >= 0.3 is 11.9 Å². The second-order valence-electron chi connectivity index (χ2n) is 11.4. The first-order valence-corrected chi connectivity index (χ1v) is 14.4. The highest BCUT2D eigenvalue weighted by molar-refractivity contribution is 6.00. The number of carbonyl (C=O) groups excluding carboxylic acids is 4. The molecule has 4 rings (SSSR count). The summed E-state index contributed by atoms with van der Waals surface area (Å²) in [6, 6.07) is 4.09. The molecule has 0 saturated heterocycles. The van der Waals surface area contributed by atoms with Crippen molar-refractivity contribution in [2.75, 3.05) is 13.2 Å². The minimum atomic E-state index is -0.312. The van der Waals surface area contributed by atoms with Crippen molar-refractivity contribution in [3.05, 3.63) is 34.4 Å². The number of hydrogen-bond acceptors (Lipinski definition) is 6. The van der Waals surface area contributed by atoms with Gasteiger partial charge < -0.3 is 9.47 Å². The summed E-state index contributed by atoms with van der Waals surface area (Å²) < 4.78 is 10.5. The number of ketones is 2. The molecular formula is C31H42O6. The fourth-order valence-electron chi connectivity index (χ4n) is 6.57. The molecule has 0 heterocycles. The third-order valence-electron chi connectivity index (χ3n) is 8.96. The minimum Gasteiger partial charge on any atom is -0.458 e. The Bertz CT molecular complexity index is 1020. The van der Waals surface area contributed by atoms with Crippen LogP contribution in [-0.2, 0) is 23.9 Å². The first-order chi connectivity index (χ1) is 17.8. The lowest BCUT2D eigenvalue weighted by Gasteiger charge is -2.31. The molecule has 0 N–H and O–H groups in total. The second kappa shape index (κ2) is 12.4. The third-order valence-corrected chi connectivity index (χ3v) is 8.96. The molecule has 2 saturated carbocycles. The summed E-state index contributed by atoms with van der Waals surface area (Å²) >= 11 is 0. The molecule has 0 spiro atoms. The van der Waals surface area contributed by atoms with Crippen molar-refractivity contribution in [3.8, 4) is 0 Å². The fourth-order valence-corrected chi connectivity index (χ4v) is 6.57. The van der Waals surface area contributed by atoms with Gasteiger partial charge in [-0.1, -0.05) is 39.3 Å². The molecule has 3 unspecified atom stereocenters. The Morgan fingerprint density at radius 3 is 2.22 bits per heavy atom. The lowest BCUT2D eigenvalue weighted by atomic mass is 9.73. The van der Waals surface area contributed by atoms with Gasteiger partial charge in [-0.2, -0.15) is 0 Å². The van der Waals surface area contributed by atoms with E-state index >= 15 is 0 Å². The van der Waals surface area contributed by atoms with Gasteiger partial charge in [0, 0.05) is 17.9 Å². The van der Waals surface area contributed by atoms with E-state index in [0.717, 1.165) is 56.9 Å². The largest absolute Gasteiger partial charge is 0.458 e. The van der Waals surface area contributed by atoms with Crippen LogP contribution >= 0.6 is 0 Å². The smallest absolute Gasteiger partial charge is 0.309 e. The van der Waals surface area contributed by atoms with Gasteiger partial charge in [-0.25, -0.2) is 0 Å². The van der Waals surface area contributed by atoms with Crippen LogP contribution in [-0.4, -0.2) is 36.7 Å². The summed E-state index contributed by atoms with van der Waals surface area (Å²) in [6.07, 6.45) is 9.67. The lowest BCUT2D eigenvalue weighted by molar-refractivity contribution is -0.149. The Kier molecular flexibility index (Phi) is 9.20. The number of benzene rings is 1. The summed E-state index contributed by atoms with van der Waals surface area (Å²) in [5, 5.41) is 0. The molecule has 0 aliphatic heterocycles. The van der Waals surface area contributed by atoms with Crippen LogP contribution in [0.25, 0.3) is 0 Å². The molecule has 3 aliphatic carbocycles. The van der Waals surface area contributed by atoms with Crippen molar-refractivity contribution < 1.29 is 28.7 Å². The molecule has 0 radical (unpaired) electrons. The number of carbonyl (C=O) groups is 4. The SMILES string of the molecule is CCCCC(=O)OCC(=O)C1CCC(c2ccc(C(=O)COC(=O)C(C)CC)c3c2C2CCC3C2)CC1. The molecule has 202 valence electrons. The van der Waals surface area contributed by atoms with Crippen LogP contribution in [0.3, 0.4) is 0 Å². The molecule has 37 heavy (non-hydrogen) atoms. The van der Waals surface area contributed by atoms with E-state index in [0.29, 0.717) is 30.6 Å². The maximum Gasteiger partial charge on any atom is 0.309 e. The van der Waals surface area contributed by atoms with Crippen molar-refractivity contribution in [3.63, 3.8) is 0 Å². The average molecular weight is 511 g/mol. The fraction of sp³-hybridized carbons (Fsp3) is 0.677. The zero-order chi connectivity index (χ0) is 26.5. The van der Waals surface area contributed by atoms with Gasteiger partial charge in [-0.15, -0.1) is 0 Å². The van der Waals surface area contributed by atoms with Crippen LogP contribution in [0.2, 0.25) is 0 Å². The topological polar surface area (TPSA) is 86.7 Å². The number of rotatable bonds is 12. The van der Waals surface area contributed by atoms with Crippen LogP contribution in [0.1, 0.15) is 136 Å². The van der Waals surface area contributed by atoms with Crippen molar-refractivity contribution in [2.45, 2.75) is 109 Å². The maximum absolute atomic E-state index is 13.1. The number of fused-ring (bicyclic) bond motifs is 5. The van der Waals surface area contributed by atoms with Crippen LogP contribution in [0.15, 0.2) is 12.1 Å². The van der Waals surface area contributed by atoms with E-state index in [-0.39, 0.29) is 48.6 Å². The summed E-state index contributed by atoms with van der Waals surface area (Å²) in [5.41, 5.74) is 4.66. The second-order valence-corrected chi connectivity index (χ2v) is 11.4. The van der Waals surface area contributed by atoms with Gasteiger partial charge in [0.05, 0.1) is 5.92 Å². The highest BCUT2D eigenvalue weighted by Crippen LogP contribution is 2.57. The number of esters is 2. The van der Waals surface area contributed by atoms with Gasteiger partial charge in [-0.3, -0.25) is 19.2 Å². The van der Waals surface area contributed by atoms with E-state index in [1.807, 2.05) is 26.8 Å². The van der Waals surface area contributed by atoms with E-state index in [1.54, 1.807) is 0 Å². The molecule has 6 nitrogen and oxygen atoms in total. The highest BCUT2D eigenvalue weighted by Gasteiger charge is 2.42. The number of ether oxygens (including phenoxy) is 2. The summed E-state index contributed by atoms with van der Waals surface area (Å²) in [4.78, 5) is 49.6. The molecule has 2 fully saturated rings. The van der Waals surface area contributed by atoms with Gasteiger partial charge in [0.15, 0.2) is 12.4 Å². The molecule has 2 bridgehead atoms. The quantitative estimate of drug-likeness (QED) is 0.239. The summed E-state index contributed by atoms with van der Waals surface area (Å²) in [7, 11) is 0. The molecule has 3 aliphatic rings. The Hall–Kier alpha value is -2.50. The molecule has 6 heteroatoms. The zero-order valence-electron chi connectivity index (χ0n) is 22.7. The predicted molar refractivity (Wildman–Crippen MR) is 141 cm³/mol. The van der Waals surface area contributed by atoms with Gasteiger partial charge in [0.25, 0.3) is 0 Å². The van der Waals surface area contributed by atoms with Crippen molar-refractivity contribution in [2.24, 2.45) is 11.8 Å². The first kappa shape index (κ1) is 27.5. The van der Waals surface area contributed by atoms with E-state index in [2.05, 4.69) is 6.07 Å². The predicted octanol–water partition coefficient (Wildman–Crippen LogP) is 6.40. The average Bonchev–Trinajstić information content (AvgIpc) is 3.55. The van der Waals surface area contributed by atoms with Crippen molar-refractivity contribution in [1.29, 1.82) is 0 Å². The lowest BCUT2D eigenvalue weighted by Crippen LogP contribution is -2.26. The monoisotopic (exact) mass is 510 g/mol. The third kappa shape index (κ3) is 6.15. The van der Waals surface area contributed by atoms with Gasteiger partial charge in [0.1, 0.15) is 6.61 Å². The first-order valence-electron chi connectivity index (χ1n) is 14.4. The molecule has 1 aromatic carbocycles. The summed E-state index contributed by atoms with van der Waals surface area (Å²) in [5.74, 6) is 0.419. The van der Waals surface area contributed by atoms with Gasteiger partial charge in [-0.05, 0) is 92.2 Å². The summed E-state index contributed by atoms with van der Waals surface area (Å²) in [6.45, 7) is 5.48. The van der Waals surface area contributed by atoms with Crippen LogP contribution < -0.4 is 0 Å².